The minimum Gasteiger partial charge on any atom is -0.349 e. The summed E-state index contributed by atoms with van der Waals surface area (Å²) in [6, 6.07) is 17.4. The van der Waals surface area contributed by atoms with Crippen LogP contribution in [0.1, 0.15) is 95.9 Å². The van der Waals surface area contributed by atoms with Gasteiger partial charge in [0.1, 0.15) is 5.56 Å². The first-order chi connectivity index (χ1) is 19.8. The number of benzene rings is 2. The van der Waals surface area contributed by atoms with Gasteiger partial charge >= 0.3 is 0 Å². The maximum atomic E-state index is 13.3. The zero-order valence-electron chi connectivity index (χ0n) is 23.8. The van der Waals surface area contributed by atoms with Gasteiger partial charge in [-0.1, -0.05) is 36.8 Å². The van der Waals surface area contributed by atoms with Gasteiger partial charge in [0, 0.05) is 30.7 Å². The predicted molar refractivity (Wildman–Crippen MR) is 158 cm³/mol. The Bertz CT molecular complexity index is 1510. The molecule has 3 aliphatic rings. The molecule has 4 heterocycles. The van der Waals surface area contributed by atoms with Crippen LogP contribution in [0, 0.1) is 0 Å². The average Bonchev–Trinajstić information content (AvgIpc) is 3.34. The van der Waals surface area contributed by atoms with E-state index in [4.69, 9.17) is 0 Å². The van der Waals surface area contributed by atoms with Gasteiger partial charge in [-0.3, -0.25) is 29.0 Å². The number of aromatic nitrogens is 1. The zero-order valence-corrected chi connectivity index (χ0v) is 23.8. The second-order valence-corrected chi connectivity index (χ2v) is 12.0. The molecule has 1 aromatic heterocycles. The van der Waals surface area contributed by atoms with Gasteiger partial charge in [0.15, 0.2) is 0 Å². The van der Waals surface area contributed by atoms with Gasteiger partial charge in [-0.15, -0.1) is 0 Å². The third-order valence-electron chi connectivity index (χ3n) is 9.10. The summed E-state index contributed by atoms with van der Waals surface area (Å²) in [5.74, 6) is -0.639. The Morgan fingerprint density at radius 2 is 1.46 bits per heavy atom. The number of para-hydroxylation sites is 1. The van der Waals surface area contributed by atoms with E-state index in [1.165, 1.54) is 4.90 Å². The number of fused-ring (bicyclic) bond motifs is 4. The van der Waals surface area contributed by atoms with Crippen molar-refractivity contribution in [1.82, 2.24) is 19.7 Å². The summed E-state index contributed by atoms with van der Waals surface area (Å²) in [6.45, 7) is 5.38. The minimum absolute atomic E-state index is 0.0492. The number of pyridine rings is 1. The number of nitrogens with one attached hydrogen (secondary N) is 1. The molecule has 3 atom stereocenters. The topological polar surface area (TPSA) is 91.7 Å². The first-order valence-corrected chi connectivity index (χ1v) is 15.0. The van der Waals surface area contributed by atoms with Gasteiger partial charge in [-0.05, 0) is 88.6 Å². The molecular weight excluding hydrogens is 516 g/mol. The second kappa shape index (κ2) is 11.2. The Labute approximate surface area is 240 Å². The van der Waals surface area contributed by atoms with Crippen molar-refractivity contribution < 1.29 is 14.4 Å². The van der Waals surface area contributed by atoms with Crippen LogP contribution in [-0.2, 0) is 0 Å². The molecule has 2 saturated heterocycles. The zero-order chi connectivity index (χ0) is 28.7. The van der Waals surface area contributed by atoms with Crippen LogP contribution in [0.2, 0.25) is 0 Å². The predicted octanol–water partition coefficient (Wildman–Crippen LogP) is 4.77. The number of unbranched alkanes of at least 4 members (excludes halogenated alkanes) is 2. The third kappa shape index (κ3) is 5.10. The summed E-state index contributed by atoms with van der Waals surface area (Å²) in [7, 11) is 0. The molecule has 1 unspecified atom stereocenters. The lowest BCUT2D eigenvalue weighted by Gasteiger charge is -2.39. The van der Waals surface area contributed by atoms with Gasteiger partial charge in [0.05, 0.1) is 16.6 Å². The van der Waals surface area contributed by atoms with Crippen LogP contribution in [0.25, 0.3) is 10.9 Å². The SMILES string of the molecule is CC(C)n1c(=O)c(C(=O)NC2C[C@H]3CC[C@@H](C2)N3CCCCCN2C(=O)c3ccccc3C2=O)cc2ccccc21. The lowest BCUT2D eigenvalue weighted by molar-refractivity contribution is 0.0650. The lowest BCUT2D eigenvalue weighted by atomic mass is 9.96. The van der Waals surface area contributed by atoms with Crippen molar-refractivity contribution in [2.24, 2.45) is 0 Å². The molecule has 2 aromatic carbocycles. The highest BCUT2D eigenvalue weighted by molar-refractivity contribution is 6.21. The van der Waals surface area contributed by atoms with Gasteiger partial charge in [0.2, 0.25) is 0 Å². The van der Waals surface area contributed by atoms with E-state index in [9.17, 15) is 19.2 Å². The van der Waals surface area contributed by atoms with Crippen LogP contribution < -0.4 is 10.9 Å². The van der Waals surface area contributed by atoms with Crippen molar-refractivity contribution >= 4 is 28.6 Å². The van der Waals surface area contributed by atoms with Crippen LogP contribution in [0.4, 0.5) is 0 Å². The Morgan fingerprint density at radius 3 is 2.12 bits per heavy atom. The maximum Gasteiger partial charge on any atom is 0.264 e. The number of rotatable bonds is 9. The summed E-state index contributed by atoms with van der Waals surface area (Å²) in [4.78, 5) is 55.8. The fourth-order valence-electron chi connectivity index (χ4n) is 7.16. The summed E-state index contributed by atoms with van der Waals surface area (Å²) < 4.78 is 1.71. The molecule has 214 valence electrons. The third-order valence-corrected chi connectivity index (χ3v) is 9.10. The van der Waals surface area contributed by atoms with Gasteiger partial charge in [0.25, 0.3) is 23.3 Å². The molecule has 0 saturated carbocycles. The molecule has 6 rings (SSSR count). The molecule has 2 fully saturated rings. The van der Waals surface area contributed by atoms with E-state index in [-0.39, 0.29) is 40.9 Å². The van der Waals surface area contributed by atoms with Crippen molar-refractivity contribution in [3.05, 3.63) is 81.6 Å². The molecule has 0 spiro atoms. The molecule has 3 amide bonds. The van der Waals surface area contributed by atoms with Gasteiger partial charge in [-0.25, -0.2) is 0 Å². The van der Waals surface area contributed by atoms with Crippen molar-refractivity contribution in [3.63, 3.8) is 0 Å². The lowest BCUT2D eigenvalue weighted by Crippen LogP contribution is -2.51. The number of hydrogen-bond donors (Lipinski definition) is 1. The summed E-state index contributed by atoms with van der Waals surface area (Å²) in [6.07, 6.45) is 6.80. The molecule has 41 heavy (non-hydrogen) atoms. The number of piperidine rings is 1. The standard InChI is InChI=1S/C33H38N4O4/c1-21(2)37-29-13-7-4-10-22(29)18-28(33(37)41)30(38)34-23-19-24-14-15-25(20-23)35(24)16-8-3-9-17-36-31(39)26-11-5-6-12-27(26)32(36)40/h4-7,10-13,18,21,23-25H,3,8-9,14-17,19-20H2,1-2H3,(H,34,38)/t23?,24-,25+. The largest absolute Gasteiger partial charge is 0.349 e. The Kier molecular flexibility index (Phi) is 7.51. The van der Waals surface area contributed by atoms with E-state index >= 15 is 0 Å². The first-order valence-electron chi connectivity index (χ1n) is 15.0. The monoisotopic (exact) mass is 554 g/mol. The van der Waals surface area contributed by atoms with E-state index in [0.29, 0.717) is 29.8 Å². The Morgan fingerprint density at radius 1 is 0.854 bits per heavy atom. The molecule has 3 aromatic rings. The second-order valence-electron chi connectivity index (χ2n) is 12.0. The maximum absolute atomic E-state index is 13.3. The number of nitrogens with zero attached hydrogens (tertiary/aromatic N) is 3. The molecule has 0 radical (unpaired) electrons. The van der Waals surface area contributed by atoms with Crippen molar-refractivity contribution in [2.45, 2.75) is 83.0 Å². The van der Waals surface area contributed by atoms with E-state index in [0.717, 1.165) is 62.4 Å². The molecule has 8 heteroatoms. The van der Waals surface area contributed by atoms with E-state index < -0.39 is 0 Å². The van der Waals surface area contributed by atoms with Crippen molar-refractivity contribution in [3.8, 4) is 0 Å². The average molecular weight is 555 g/mol. The Hall–Kier alpha value is -3.78. The number of imide groups is 1. The Balaban J connectivity index is 1.01. The molecule has 0 aliphatic carbocycles. The number of hydrogen-bond acceptors (Lipinski definition) is 5. The van der Waals surface area contributed by atoms with Crippen LogP contribution in [-0.4, -0.2) is 63.3 Å². The van der Waals surface area contributed by atoms with Gasteiger partial charge in [-0.2, -0.15) is 0 Å². The fraction of sp³-hybridized carbons (Fsp3) is 0.455. The summed E-state index contributed by atoms with van der Waals surface area (Å²) >= 11 is 0. The van der Waals surface area contributed by atoms with Crippen molar-refractivity contribution in [2.75, 3.05) is 13.1 Å². The fourth-order valence-corrected chi connectivity index (χ4v) is 7.16. The highest BCUT2D eigenvalue weighted by Gasteiger charge is 2.41. The highest BCUT2D eigenvalue weighted by Crippen LogP contribution is 2.36. The van der Waals surface area contributed by atoms with Crippen LogP contribution in [0.3, 0.4) is 0 Å². The first kappa shape index (κ1) is 27.4. The molecule has 3 aliphatic heterocycles. The van der Waals surface area contributed by atoms with Gasteiger partial charge < -0.3 is 9.88 Å². The van der Waals surface area contributed by atoms with Crippen LogP contribution >= 0.6 is 0 Å². The van der Waals surface area contributed by atoms with Crippen LogP contribution in [0.15, 0.2) is 59.4 Å². The molecular formula is C33H38N4O4. The molecule has 1 N–H and O–H groups in total. The van der Waals surface area contributed by atoms with E-state index in [2.05, 4.69) is 10.2 Å². The number of carbonyl (C=O) groups excluding carboxylic acids is 3. The van der Waals surface area contributed by atoms with Crippen LogP contribution in [0.5, 0.6) is 0 Å². The summed E-state index contributed by atoms with van der Waals surface area (Å²) in [5, 5.41) is 4.10. The normalized spacial score (nSPS) is 22.1. The highest BCUT2D eigenvalue weighted by atomic mass is 16.2. The molecule has 8 nitrogen and oxygen atoms in total. The number of amides is 3. The quantitative estimate of drug-likeness (QED) is 0.304. The number of carbonyl (C=O) groups is 3. The smallest absolute Gasteiger partial charge is 0.264 e. The minimum atomic E-state index is -0.277. The summed E-state index contributed by atoms with van der Waals surface area (Å²) in [5.41, 5.74) is 1.84. The van der Waals surface area contributed by atoms with Crippen molar-refractivity contribution in [1.29, 1.82) is 0 Å². The van der Waals surface area contributed by atoms with E-state index in [1.54, 1.807) is 34.9 Å². The molecule has 2 bridgehead atoms. The van der Waals surface area contributed by atoms with E-state index in [1.807, 2.05) is 38.1 Å².